The van der Waals surface area contributed by atoms with Gasteiger partial charge in [-0.25, -0.2) is 9.97 Å². The van der Waals surface area contributed by atoms with E-state index in [2.05, 4.69) is 31.2 Å². The number of aliphatic hydroxyl groups excluding tert-OH is 1. The van der Waals surface area contributed by atoms with Gasteiger partial charge in [0, 0.05) is 12.7 Å². The fourth-order valence-corrected chi connectivity index (χ4v) is 1.16. The molecule has 1 aromatic rings. The predicted molar refractivity (Wildman–Crippen MR) is 54.5 cm³/mol. The highest BCUT2D eigenvalue weighted by atomic mass is 79.9. The minimum Gasteiger partial charge on any atom is -0.391 e. The number of halogens is 1. The van der Waals surface area contributed by atoms with Crippen LogP contribution in [0, 0.1) is 0 Å². The van der Waals surface area contributed by atoms with Crippen LogP contribution in [0.5, 0.6) is 0 Å². The molecule has 0 bridgehead atoms. The lowest BCUT2D eigenvalue weighted by molar-refractivity contribution is 0.183. The highest BCUT2D eigenvalue weighted by molar-refractivity contribution is 9.10. The molecule has 13 heavy (non-hydrogen) atoms. The van der Waals surface area contributed by atoms with Crippen LogP contribution in [0.4, 0.5) is 5.82 Å². The number of rotatable bonds is 4. The van der Waals surface area contributed by atoms with Crippen molar-refractivity contribution in [1.29, 1.82) is 0 Å². The number of aliphatic hydroxyl groups is 1. The lowest BCUT2D eigenvalue weighted by Gasteiger charge is -2.10. The van der Waals surface area contributed by atoms with E-state index >= 15 is 0 Å². The molecule has 5 heteroatoms. The predicted octanol–water partition coefficient (Wildman–Crippen LogP) is 1.42. The minimum absolute atomic E-state index is 0.332. The average Bonchev–Trinajstić information content (AvgIpc) is 2.16. The Morgan fingerprint density at radius 1 is 1.69 bits per heavy atom. The molecule has 0 radical (unpaired) electrons. The van der Waals surface area contributed by atoms with Gasteiger partial charge in [0.05, 0.1) is 10.6 Å². The van der Waals surface area contributed by atoms with Crippen molar-refractivity contribution in [3.63, 3.8) is 0 Å². The number of nitrogens with zero attached hydrogens (tertiary/aromatic N) is 2. The van der Waals surface area contributed by atoms with Crippen LogP contribution in [0.3, 0.4) is 0 Å². The molecule has 0 saturated carbocycles. The highest BCUT2D eigenvalue weighted by Crippen LogP contribution is 2.16. The average molecular weight is 246 g/mol. The number of aromatic nitrogens is 2. The number of hydrogen-bond acceptors (Lipinski definition) is 4. The molecule has 1 atom stereocenters. The molecule has 1 rings (SSSR count). The van der Waals surface area contributed by atoms with E-state index in [1.165, 1.54) is 6.33 Å². The minimum atomic E-state index is -0.332. The normalized spacial score (nSPS) is 12.5. The van der Waals surface area contributed by atoms with E-state index < -0.39 is 0 Å². The summed E-state index contributed by atoms with van der Waals surface area (Å²) in [7, 11) is 0. The number of anilines is 1. The molecule has 0 aromatic carbocycles. The summed E-state index contributed by atoms with van der Waals surface area (Å²) in [5.74, 6) is 0.711. The summed E-state index contributed by atoms with van der Waals surface area (Å²) < 4.78 is 0.804. The summed E-state index contributed by atoms with van der Waals surface area (Å²) in [6.07, 6.45) is 3.52. The first-order valence-corrected chi connectivity index (χ1v) is 4.90. The van der Waals surface area contributed by atoms with E-state index in [0.717, 1.165) is 10.9 Å². The molecule has 0 amide bonds. The first kappa shape index (κ1) is 10.4. The summed E-state index contributed by atoms with van der Waals surface area (Å²) >= 11 is 3.30. The molecule has 0 aliphatic rings. The van der Waals surface area contributed by atoms with Crippen molar-refractivity contribution in [2.24, 2.45) is 0 Å². The van der Waals surface area contributed by atoms with Crippen molar-refractivity contribution in [2.45, 2.75) is 19.4 Å². The van der Waals surface area contributed by atoms with Gasteiger partial charge in [-0.1, -0.05) is 6.92 Å². The van der Waals surface area contributed by atoms with Crippen molar-refractivity contribution >= 4 is 21.7 Å². The molecule has 0 fully saturated rings. The maximum atomic E-state index is 9.29. The van der Waals surface area contributed by atoms with Gasteiger partial charge in [0.1, 0.15) is 12.1 Å². The molecule has 0 aliphatic carbocycles. The maximum Gasteiger partial charge on any atom is 0.143 e. The van der Waals surface area contributed by atoms with Crippen LogP contribution in [0.15, 0.2) is 17.0 Å². The van der Waals surface area contributed by atoms with Crippen LogP contribution in [-0.4, -0.2) is 27.7 Å². The molecule has 4 nitrogen and oxygen atoms in total. The highest BCUT2D eigenvalue weighted by Gasteiger charge is 2.03. The molecular weight excluding hydrogens is 234 g/mol. The lowest BCUT2D eigenvalue weighted by Crippen LogP contribution is -2.18. The zero-order chi connectivity index (χ0) is 9.68. The van der Waals surface area contributed by atoms with Gasteiger partial charge in [0.2, 0.25) is 0 Å². The Morgan fingerprint density at radius 2 is 2.46 bits per heavy atom. The molecular formula is C8H12BrN3O. The molecule has 0 aliphatic heterocycles. The SMILES string of the molecule is CCC(O)CNc1ncncc1Br. The Morgan fingerprint density at radius 3 is 3.08 bits per heavy atom. The van der Waals surface area contributed by atoms with Crippen LogP contribution in [0.1, 0.15) is 13.3 Å². The largest absolute Gasteiger partial charge is 0.391 e. The van der Waals surface area contributed by atoms with E-state index in [0.29, 0.717) is 12.4 Å². The monoisotopic (exact) mass is 245 g/mol. The summed E-state index contributed by atoms with van der Waals surface area (Å²) in [5.41, 5.74) is 0. The third-order valence-electron chi connectivity index (χ3n) is 1.64. The van der Waals surface area contributed by atoms with Crippen LogP contribution < -0.4 is 5.32 Å². The lowest BCUT2D eigenvalue weighted by atomic mass is 10.3. The second kappa shape index (κ2) is 5.14. The topological polar surface area (TPSA) is 58.0 Å². The summed E-state index contributed by atoms with van der Waals surface area (Å²) in [6, 6.07) is 0. The van der Waals surface area contributed by atoms with Crippen molar-refractivity contribution in [1.82, 2.24) is 9.97 Å². The Labute approximate surface area is 85.5 Å². The molecule has 1 heterocycles. The van der Waals surface area contributed by atoms with Crippen LogP contribution >= 0.6 is 15.9 Å². The quantitative estimate of drug-likeness (QED) is 0.843. The van der Waals surface area contributed by atoms with Gasteiger partial charge in [0.25, 0.3) is 0 Å². The standard InChI is InChI=1S/C8H12BrN3O/c1-2-6(13)3-11-8-7(9)4-10-5-12-8/h4-6,13H,2-3H2,1H3,(H,10,11,12). The van der Waals surface area contributed by atoms with Gasteiger partial charge >= 0.3 is 0 Å². The van der Waals surface area contributed by atoms with E-state index in [1.807, 2.05) is 6.92 Å². The van der Waals surface area contributed by atoms with Crippen molar-refractivity contribution in [3.05, 3.63) is 17.0 Å². The van der Waals surface area contributed by atoms with Crippen molar-refractivity contribution < 1.29 is 5.11 Å². The van der Waals surface area contributed by atoms with Gasteiger partial charge in [-0.05, 0) is 22.4 Å². The molecule has 1 unspecified atom stereocenters. The second-order valence-corrected chi connectivity index (χ2v) is 3.52. The van der Waals surface area contributed by atoms with E-state index in [1.54, 1.807) is 6.20 Å². The molecule has 1 aromatic heterocycles. The zero-order valence-electron chi connectivity index (χ0n) is 7.37. The van der Waals surface area contributed by atoms with Crippen molar-refractivity contribution in [2.75, 3.05) is 11.9 Å². The Balaban J connectivity index is 2.50. The van der Waals surface area contributed by atoms with E-state index in [-0.39, 0.29) is 6.10 Å². The van der Waals surface area contributed by atoms with Gasteiger partial charge < -0.3 is 10.4 Å². The Kier molecular flexibility index (Phi) is 4.11. The fourth-order valence-electron chi connectivity index (χ4n) is 0.802. The summed E-state index contributed by atoms with van der Waals surface area (Å²) in [6.45, 7) is 2.44. The van der Waals surface area contributed by atoms with Gasteiger partial charge in [-0.3, -0.25) is 0 Å². The van der Waals surface area contributed by atoms with Crippen LogP contribution in [0.25, 0.3) is 0 Å². The second-order valence-electron chi connectivity index (χ2n) is 2.66. The maximum absolute atomic E-state index is 9.29. The van der Waals surface area contributed by atoms with Gasteiger partial charge in [-0.15, -0.1) is 0 Å². The molecule has 0 spiro atoms. The summed E-state index contributed by atoms with van der Waals surface area (Å²) in [5, 5.41) is 12.3. The van der Waals surface area contributed by atoms with E-state index in [9.17, 15) is 5.11 Å². The molecule has 2 N–H and O–H groups in total. The third kappa shape index (κ3) is 3.28. The zero-order valence-corrected chi connectivity index (χ0v) is 8.95. The Hall–Kier alpha value is -0.680. The first-order chi connectivity index (χ1) is 6.24. The van der Waals surface area contributed by atoms with Crippen LogP contribution in [0.2, 0.25) is 0 Å². The smallest absolute Gasteiger partial charge is 0.143 e. The molecule has 0 saturated heterocycles. The van der Waals surface area contributed by atoms with Gasteiger partial charge in [-0.2, -0.15) is 0 Å². The number of hydrogen-bond donors (Lipinski definition) is 2. The van der Waals surface area contributed by atoms with Crippen LogP contribution in [-0.2, 0) is 0 Å². The molecule has 72 valence electrons. The van der Waals surface area contributed by atoms with E-state index in [4.69, 9.17) is 0 Å². The van der Waals surface area contributed by atoms with Crippen molar-refractivity contribution in [3.8, 4) is 0 Å². The third-order valence-corrected chi connectivity index (χ3v) is 2.22. The first-order valence-electron chi connectivity index (χ1n) is 4.11. The van der Waals surface area contributed by atoms with Gasteiger partial charge in [0.15, 0.2) is 0 Å². The number of nitrogens with one attached hydrogen (secondary N) is 1. The summed E-state index contributed by atoms with van der Waals surface area (Å²) in [4.78, 5) is 7.84. The Bertz CT molecular complexity index is 269. The fraction of sp³-hybridized carbons (Fsp3) is 0.500.